The Morgan fingerprint density at radius 1 is 1.19 bits per heavy atom. The van der Waals surface area contributed by atoms with E-state index < -0.39 is 0 Å². The van der Waals surface area contributed by atoms with Crippen molar-refractivity contribution >= 4 is 11.6 Å². The minimum absolute atomic E-state index is 0.0406. The number of hydrogen-bond acceptors (Lipinski definition) is 4. The van der Waals surface area contributed by atoms with E-state index in [0.29, 0.717) is 12.2 Å². The Morgan fingerprint density at radius 3 is 3.00 bits per heavy atom. The lowest BCUT2D eigenvalue weighted by molar-refractivity contribution is -0.115. The molecule has 1 N–H and O–H groups in total. The van der Waals surface area contributed by atoms with Crippen molar-refractivity contribution in [3.8, 4) is 16.9 Å². The molecule has 0 atom stereocenters. The Hall–Kier alpha value is -3.02. The van der Waals surface area contributed by atoms with Crippen LogP contribution in [0.5, 0.6) is 0 Å². The predicted octanol–water partition coefficient (Wildman–Crippen LogP) is 1.82. The zero-order chi connectivity index (χ0) is 14.2. The minimum Gasteiger partial charge on any atom is -0.326 e. The van der Waals surface area contributed by atoms with Crippen molar-refractivity contribution in [3.05, 3.63) is 54.7 Å². The average Bonchev–Trinajstić information content (AvgIpc) is 3.12. The highest BCUT2D eigenvalue weighted by atomic mass is 16.1. The van der Waals surface area contributed by atoms with Gasteiger partial charge in [0.25, 0.3) is 0 Å². The van der Waals surface area contributed by atoms with Gasteiger partial charge in [0.2, 0.25) is 5.91 Å². The van der Waals surface area contributed by atoms with Crippen LogP contribution >= 0.6 is 0 Å². The van der Waals surface area contributed by atoms with Crippen molar-refractivity contribution in [2.24, 2.45) is 0 Å². The molecule has 3 aromatic rings. The number of hydrogen-bond donors (Lipinski definition) is 1. The molecule has 3 heterocycles. The molecule has 6 heteroatoms. The van der Waals surface area contributed by atoms with Gasteiger partial charge in [0, 0.05) is 29.7 Å². The monoisotopic (exact) mass is 277 g/mol. The van der Waals surface area contributed by atoms with Gasteiger partial charge < -0.3 is 5.32 Å². The highest BCUT2D eigenvalue weighted by Gasteiger charge is 2.18. The second kappa shape index (κ2) is 4.52. The summed E-state index contributed by atoms with van der Waals surface area (Å²) in [4.78, 5) is 19.4. The number of aromatic nitrogens is 4. The fraction of sp³-hybridized carbons (Fsp3) is 0.0667. The van der Waals surface area contributed by atoms with Gasteiger partial charge in [-0.05, 0) is 23.3 Å². The summed E-state index contributed by atoms with van der Waals surface area (Å²) in [5, 5.41) is 7.15. The van der Waals surface area contributed by atoms with E-state index in [9.17, 15) is 4.79 Å². The van der Waals surface area contributed by atoms with Gasteiger partial charge in [-0.2, -0.15) is 5.10 Å². The van der Waals surface area contributed by atoms with Crippen LogP contribution in [-0.2, 0) is 11.2 Å². The standard InChI is InChI=1S/C15H11N5O/c21-15-6-11-5-10(1-2-13(11)19-15)12-7-18-20(8-12)14-3-4-16-9-17-14/h1-5,7-9H,6H2,(H,19,21). The number of rotatable bonds is 2. The van der Waals surface area contributed by atoms with Crippen LogP contribution in [0, 0.1) is 0 Å². The van der Waals surface area contributed by atoms with E-state index in [4.69, 9.17) is 0 Å². The molecule has 102 valence electrons. The number of carbonyl (C=O) groups is 1. The first-order valence-electron chi connectivity index (χ1n) is 6.54. The highest BCUT2D eigenvalue weighted by molar-refractivity contribution is 5.99. The van der Waals surface area contributed by atoms with E-state index in [1.54, 1.807) is 23.1 Å². The Bertz CT molecular complexity index is 825. The van der Waals surface area contributed by atoms with Gasteiger partial charge in [0.05, 0.1) is 12.6 Å². The summed E-state index contributed by atoms with van der Waals surface area (Å²) < 4.78 is 1.70. The lowest BCUT2D eigenvalue weighted by Crippen LogP contribution is -2.03. The zero-order valence-corrected chi connectivity index (χ0v) is 11.0. The number of nitrogens with one attached hydrogen (secondary N) is 1. The molecule has 1 aliphatic heterocycles. The van der Waals surface area contributed by atoms with E-state index in [1.165, 1.54) is 6.33 Å². The molecule has 1 aliphatic rings. The fourth-order valence-corrected chi connectivity index (χ4v) is 2.43. The first-order valence-corrected chi connectivity index (χ1v) is 6.54. The normalized spacial score (nSPS) is 13.0. The molecule has 4 rings (SSSR count). The molecular formula is C15H11N5O. The molecule has 2 aromatic heterocycles. The molecule has 0 unspecified atom stereocenters. The van der Waals surface area contributed by atoms with E-state index >= 15 is 0 Å². The largest absolute Gasteiger partial charge is 0.326 e. The van der Waals surface area contributed by atoms with Crippen LogP contribution in [-0.4, -0.2) is 25.7 Å². The summed E-state index contributed by atoms with van der Waals surface area (Å²) in [6.45, 7) is 0. The summed E-state index contributed by atoms with van der Waals surface area (Å²) in [7, 11) is 0. The summed E-state index contributed by atoms with van der Waals surface area (Å²) in [6.07, 6.45) is 7.30. The van der Waals surface area contributed by atoms with Crippen LogP contribution in [0.3, 0.4) is 0 Å². The Morgan fingerprint density at radius 2 is 2.14 bits per heavy atom. The van der Waals surface area contributed by atoms with Crippen molar-refractivity contribution in [3.63, 3.8) is 0 Å². The zero-order valence-electron chi connectivity index (χ0n) is 11.0. The van der Waals surface area contributed by atoms with Crippen molar-refractivity contribution in [2.45, 2.75) is 6.42 Å². The van der Waals surface area contributed by atoms with Gasteiger partial charge in [0.15, 0.2) is 5.82 Å². The Labute approximate surface area is 120 Å². The number of nitrogens with zero attached hydrogens (tertiary/aromatic N) is 4. The summed E-state index contributed by atoms with van der Waals surface area (Å²) in [5.74, 6) is 0.757. The maximum atomic E-state index is 11.4. The van der Waals surface area contributed by atoms with Crippen LogP contribution in [0.1, 0.15) is 5.56 Å². The molecule has 6 nitrogen and oxygen atoms in total. The second-order valence-corrected chi connectivity index (χ2v) is 4.84. The molecule has 0 aliphatic carbocycles. The smallest absolute Gasteiger partial charge is 0.228 e. The average molecular weight is 277 g/mol. The van der Waals surface area contributed by atoms with Gasteiger partial charge in [-0.25, -0.2) is 14.6 Å². The molecule has 0 fully saturated rings. The SMILES string of the molecule is O=C1Cc2cc(-c3cnn(-c4ccncn4)c3)ccc2N1. The molecule has 0 radical (unpaired) electrons. The van der Waals surface area contributed by atoms with E-state index in [1.807, 2.05) is 24.4 Å². The molecule has 0 saturated carbocycles. The number of carbonyl (C=O) groups excluding carboxylic acids is 1. The third-order valence-corrected chi connectivity index (χ3v) is 3.45. The first-order chi connectivity index (χ1) is 10.3. The highest BCUT2D eigenvalue weighted by Crippen LogP contribution is 2.29. The predicted molar refractivity (Wildman–Crippen MR) is 76.9 cm³/mol. The third kappa shape index (κ3) is 2.06. The van der Waals surface area contributed by atoms with Crippen LogP contribution in [0.15, 0.2) is 49.2 Å². The van der Waals surface area contributed by atoms with Gasteiger partial charge in [-0.1, -0.05) is 6.07 Å². The number of anilines is 1. The quantitative estimate of drug-likeness (QED) is 0.775. The topological polar surface area (TPSA) is 72.7 Å². The summed E-state index contributed by atoms with van der Waals surface area (Å²) >= 11 is 0. The van der Waals surface area contributed by atoms with Crippen molar-refractivity contribution < 1.29 is 4.79 Å². The van der Waals surface area contributed by atoms with E-state index in [2.05, 4.69) is 20.4 Å². The number of benzene rings is 1. The lowest BCUT2D eigenvalue weighted by Gasteiger charge is -2.02. The number of amides is 1. The van der Waals surface area contributed by atoms with Crippen molar-refractivity contribution in [2.75, 3.05) is 5.32 Å². The lowest BCUT2D eigenvalue weighted by atomic mass is 10.0. The van der Waals surface area contributed by atoms with E-state index in [0.717, 1.165) is 22.4 Å². The van der Waals surface area contributed by atoms with Crippen LogP contribution in [0.25, 0.3) is 16.9 Å². The van der Waals surface area contributed by atoms with Crippen LogP contribution in [0.4, 0.5) is 5.69 Å². The minimum atomic E-state index is 0.0406. The molecule has 0 saturated heterocycles. The molecule has 21 heavy (non-hydrogen) atoms. The molecule has 0 bridgehead atoms. The van der Waals surface area contributed by atoms with Gasteiger partial charge >= 0.3 is 0 Å². The molecule has 1 amide bonds. The summed E-state index contributed by atoms with van der Waals surface area (Å²) in [6, 6.07) is 7.72. The van der Waals surface area contributed by atoms with E-state index in [-0.39, 0.29) is 5.91 Å². The Kier molecular flexibility index (Phi) is 2.53. The third-order valence-electron chi connectivity index (χ3n) is 3.45. The fourth-order valence-electron chi connectivity index (χ4n) is 2.43. The second-order valence-electron chi connectivity index (χ2n) is 4.84. The molecular weight excluding hydrogens is 266 g/mol. The van der Waals surface area contributed by atoms with Crippen molar-refractivity contribution in [1.29, 1.82) is 0 Å². The van der Waals surface area contributed by atoms with Gasteiger partial charge in [0.1, 0.15) is 6.33 Å². The summed E-state index contributed by atoms with van der Waals surface area (Å²) in [5.41, 5.74) is 3.93. The Balaban J connectivity index is 1.71. The van der Waals surface area contributed by atoms with Gasteiger partial charge in [-0.3, -0.25) is 4.79 Å². The van der Waals surface area contributed by atoms with Gasteiger partial charge in [-0.15, -0.1) is 0 Å². The maximum Gasteiger partial charge on any atom is 0.228 e. The number of fused-ring (bicyclic) bond motifs is 1. The van der Waals surface area contributed by atoms with Crippen molar-refractivity contribution in [1.82, 2.24) is 19.7 Å². The van der Waals surface area contributed by atoms with Crippen LogP contribution < -0.4 is 5.32 Å². The first kappa shape index (κ1) is 11.8. The molecule has 0 spiro atoms. The van der Waals surface area contributed by atoms with Crippen LogP contribution in [0.2, 0.25) is 0 Å². The molecule has 1 aromatic carbocycles. The maximum absolute atomic E-state index is 11.4.